The first kappa shape index (κ1) is 12.0. The molecular weight excluding hydrogens is 291 g/mol. The lowest BCUT2D eigenvalue weighted by Gasteiger charge is -2.03. The molecule has 0 aliphatic heterocycles. The summed E-state index contributed by atoms with van der Waals surface area (Å²) >= 11 is 14.6. The lowest BCUT2D eigenvalue weighted by atomic mass is 10.3. The van der Waals surface area contributed by atoms with Crippen LogP contribution in [0.2, 0.25) is 10.0 Å². The molecule has 0 unspecified atom stereocenters. The second-order valence-corrected chi connectivity index (χ2v) is 4.31. The molecule has 0 aromatic carbocycles. The summed E-state index contributed by atoms with van der Waals surface area (Å²) in [7, 11) is 0. The van der Waals surface area contributed by atoms with Gasteiger partial charge in [0, 0.05) is 11.9 Å². The third kappa shape index (κ3) is 2.97. The fourth-order valence-electron chi connectivity index (χ4n) is 0.960. The van der Waals surface area contributed by atoms with E-state index in [4.69, 9.17) is 23.2 Å². The van der Waals surface area contributed by atoms with Crippen LogP contribution in [0.4, 0.5) is 0 Å². The molecule has 14 heavy (non-hydrogen) atoms. The number of aryl methyl sites for hydroxylation is 1. The summed E-state index contributed by atoms with van der Waals surface area (Å²) in [6.45, 7) is 0.571. The molecule has 1 aromatic rings. The van der Waals surface area contributed by atoms with Gasteiger partial charge < -0.3 is 0 Å². The number of halogens is 3. The molecule has 6 heteroatoms. The highest BCUT2D eigenvalue weighted by molar-refractivity contribution is 9.09. The molecule has 3 nitrogen and oxygen atoms in total. The van der Waals surface area contributed by atoms with E-state index in [9.17, 15) is 4.79 Å². The fourth-order valence-corrected chi connectivity index (χ4v) is 1.63. The van der Waals surface area contributed by atoms with Crippen molar-refractivity contribution < 1.29 is 0 Å². The Morgan fingerprint density at radius 1 is 1.43 bits per heavy atom. The second-order valence-electron chi connectivity index (χ2n) is 2.73. The van der Waals surface area contributed by atoms with Crippen molar-refractivity contribution in [3.05, 3.63) is 26.6 Å². The molecule has 78 valence electrons. The number of nitrogens with zero attached hydrogens (tertiary/aromatic N) is 2. The van der Waals surface area contributed by atoms with Gasteiger partial charge in [0.25, 0.3) is 5.56 Å². The van der Waals surface area contributed by atoms with Gasteiger partial charge in [-0.05, 0) is 12.8 Å². The highest BCUT2D eigenvalue weighted by Gasteiger charge is 2.06. The van der Waals surface area contributed by atoms with E-state index in [1.165, 1.54) is 10.9 Å². The van der Waals surface area contributed by atoms with Gasteiger partial charge in [-0.2, -0.15) is 5.10 Å². The first-order valence-electron chi connectivity index (χ1n) is 4.14. The molecule has 1 heterocycles. The quantitative estimate of drug-likeness (QED) is 0.633. The minimum Gasteiger partial charge on any atom is -0.266 e. The van der Waals surface area contributed by atoms with E-state index in [1.807, 2.05) is 0 Å². The zero-order valence-electron chi connectivity index (χ0n) is 7.34. The molecule has 1 aromatic heterocycles. The molecule has 0 saturated heterocycles. The summed E-state index contributed by atoms with van der Waals surface area (Å²) in [5.74, 6) is 0. The molecule has 0 saturated carbocycles. The molecule has 0 aliphatic carbocycles. The van der Waals surface area contributed by atoms with Crippen LogP contribution < -0.4 is 5.56 Å². The van der Waals surface area contributed by atoms with Crippen molar-refractivity contribution in [3.63, 3.8) is 0 Å². The number of rotatable bonds is 4. The monoisotopic (exact) mass is 298 g/mol. The first-order chi connectivity index (χ1) is 6.66. The Labute approximate surface area is 100 Å². The van der Waals surface area contributed by atoms with E-state index in [0.29, 0.717) is 6.54 Å². The Bertz CT molecular complexity index is 367. The van der Waals surface area contributed by atoms with Gasteiger partial charge in [0.2, 0.25) is 0 Å². The van der Waals surface area contributed by atoms with Crippen molar-refractivity contribution in [3.8, 4) is 0 Å². The Hall–Kier alpha value is -0.0600. The van der Waals surface area contributed by atoms with Gasteiger partial charge in [-0.1, -0.05) is 39.1 Å². The van der Waals surface area contributed by atoms with Crippen molar-refractivity contribution in [2.24, 2.45) is 0 Å². The Balaban J connectivity index is 2.79. The maximum absolute atomic E-state index is 11.5. The Morgan fingerprint density at radius 3 is 2.79 bits per heavy atom. The Kier molecular flexibility index (Phi) is 4.92. The van der Waals surface area contributed by atoms with Crippen LogP contribution in [-0.2, 0) is 6.54 Å². The predicted octanol–water partition coefficient (Wildman–Crippen LogP) is 2.73. The van der Waals surface area contributed by atoms with Gasteiger partial charge in [-0.15, -0.1) is 0 Å². The maximum Gasteiger partial charge on any atom is 0.287 e. The van der Waals surface area contributed by atoms with Gasteiger partial charge in [0.1, 0.15) is 5.02 Å². The van der Waals surface area contributed by atoms with E-state index in [1.54, 1.807) is 0 Å². The molecule has 0 amide bonds. The van der Waals surface area contributed by atoms with Crippen molar-refractivity contribution in [2.75, 3.05) is 5.33 Å². The van der Waals surface area contributed by atoms with E-state index in [-0.39, 0.29) is 15.6 Å². The molecule has 0 spiro atoms. The maximum atomic E-state index is 11.5. The standard InChI is InChI=1S/C8H9BrCl2N2O/c9-3-1-2-4-13-8(14)7(11)6(10)5-12-13/h5H,1-4H2. The molecule has 0 N–H and O–H groups in total. The van der Waals surface area contributed by atoms with Crippen molar-refractivity contribution in [1.29, 1.82) is 0 Å². The van der Waals surface area contributed by atoms with E-state index < -0.39 is 0 Å². The summed E-state index contributed by atoms with van der Waals surface area (Å²) < 4.78 is 1.33. The van der Waals surface area contributed by atoms with Crippen LogP contribution in [0.25, 0.3) is 0 Å². The number of alkyl halides is 1. The van der Waals surface area contributed by atoms with Crippen LogP contribution in [0, 0.1) is 0 Å². The minimum atomic E-state index is -0.325. The van der Waals surface area contributed by atoms with E-state index >= 15 is 0 Å². The Morgan fingerprint density at radius 2 is 2.14 bits per heavy atom. The normalized spacial score (nSPS) is 10.5. The third-order valence-electron chi connectivity index (χ3n) is 1.70. The van der Waals surface area contributed by atoms with Crippen LogP contribution >= 0.6 is 39.1 Å². The lowest BCUT2D eigenvalue weighted by Crippen LogP contribution is -2.23. The molecule has 1 rings (SSSR count). The highest BCUT2D eigenvalue weighted by atomic mass is 79.9. The molecule has 0 bridgehead atoms. The zero-order chi connectivity index (χ0) is 10.6. The summed E-state index contributed by atoms with van der Waals surface area (Å²) in [6.07, 6.45) is 3.27. The van der Waals surface area contributed by atoms with E-state index in [0.717, 1.165) is 18.2 Å². The number of aromatic nitrogens is 2. The van der Waals surface area contributed by atoms with Crippen LogP contribution in [0.1, 0.15) is 12.8 Å². The molecular formula is C8H9BrCl2N2O. The van der Waals surface area contributed by atoms with Crippen molar-refractivity contribution in [1.82, 2.24) is 9.78 Å². The SMILES string of the molecule is O=c1c(Cl)c(Cl)cnn1CCCCBr. The smallest absolute Gasteiger partial charge is 0.266 e. The van der Waals surface area contributed by atoms with Gasteiger partial charge in [0.15, 0.2) is 0 Å². The van der Waals surface area contributed by atoms with Crippen molar-refractivity contribution >= 4 is 39.1 Å². The summed E-state index contributed by atoms with van der Waals surface area (Å²) in [5, 5.41) is 5.05. The van der Waals surface area contributed by atoms with Crippen LogP contribution in [0.15, 0.2) is 11.0 Å². The topological polar surface area (TPSA) is 34.9 Å². The van der Waals surface area contributed by atoms with Crippen LogP contribution in [-0.4, -0.2) is 15.1 Å². The number of hydrogen-bond acceptors (Lipinski definition) is 2. The van der Waals surface area contributed by atoms with Gasteiger partial charge in [-0.25, -0.2) is 4.68 Å². The fraction of sp³-hybridized carbons (Fsp3) is 0.500. The largest absolute Gasteiger partial charge is 0.287 e. The second kappa shape index (κ2) is 5.73. The molecule has 0 aliphatic rings. The first-order valence-corrected chi connectivity index (χ1v) is 6.01. The van der Waals surface area contributed by atoms with E-state index in [2.05, 4.69) is 21.0 Å². The summed E-state index contributed by atoms with van der Waals surface area (Å²) in [6, 6.07) is 0. The third-order valence-corrected chi connectivity index (χ3v) is 3.01. The molecule has 0 fully saturated rings. The average Bonchev–Trinajstić information content (AvgIpc) is 2.18. The minimum absolute atomic E-state index is 0.0421. The van der Waals surface area contributed by atoms with Crippen LogP contribution in [0.3, 0.4) is 0 Å². The summed E-state index contributed by atoms with van der Waals surface area (Å²) in [4.78, 5) is 11.5. The lowest BCUT2D eigenvalue weighted by molar-refractivity contribution is 0.545. The average molecular weight is 300 g/mol. The highest BCUT2D eigenvalue weighted by Crippen LogP contribution is 2.14. The van der Waals surface area contributed by atoms with Gasteiger partial charge in [-0.3, -0.25) is 4.79 Å². The van der Waals surface area contributed by atoms with Crippen molar-refractivity contribution in [2.45, 2.75) is 19.4 Å². The molecule has 0 atom stereocenters. The predicted molar refractivity (Wildman–Crippen MR) is 61.5 cm³/mol. The van der Waals surface area contributed by atoms with Crippen LogP contribution in [0.5, 0.6) is 0 Å². The molecule has 0 radical (unpaired) electrons. The number of unbranched alkanes of at least 4 members (excludes halogenated alkanes) is 1. The zero-order valence-corrected chi connectivity index (χ0v) is 10.4. The van der Waals surface area contributed by atoms with Gasteiger partial charge in [0.05, 0.1) is 11.2 Å². The summed E-state index contributed by atoms with van der Waals surface area (Å²) in [5.41, 5.74) is -0.325. The van der Waals surface area contributed by atoms with Gasteiger partial charge >= 0.3 is 0 Å². The number of hydrogen-bond donors (Lipinski definition) is 0.